The number of aromatic nitrogens is 2. The molecule has 3 unspecified atom stereocenters. The third kappa shape index (κ3) is 2.35. The van der Waals surface area contributed by atoms with Crippen LogP contribution in [0.4, 0.5) is 19.0 Å². The number of carbonyl (C=O) groups is 1. The first-order chi connectivity index (χ1) is 9.28. The molecule has 2 N–H and O–H groups in total. The highest BCUT2D eigenvalue weighted by Crippen LogP contribution is 2.53. The SMILES string of the molecule is CC12CC(C(=O)Nc3cncc(C(F)(F)F)n3)NC1C2. The molecule has 1 aliphatic heterocycles. The van der Waals surface area contributed by atoms with E-state index in [2.05, 4.69) is 27.5 Å². The molecule has 5 nitrogen and oxygen atoms in total. The van der Waals surface area contributed by atoms with Crippen molar-refractivity contribution in [3.63, 3.8) is 0 Å². The van der Waals surface area contributed by atoms with Crippen molar-refractivity contribution in [3.8, 4) is 0 Å². The number of nitrogens with zero attached hydrogens (tertiary/aromatic N) is 2. The van der Waals surface area contributed by atoms with Crippen molar-refractivity contribution in [2.45, 2.75) is 38.0 Å². The summed E-state index contributed by atoms with van der Waals surface area (Å²) in [5.74, 6) is -0.551. The predicted octanol–water partition coefficient (Wildman–Crippen LogP) is 1.57. The lowest BCUT2D eigenvalue weighted by molar-refractivity contribution is -0.141. The fourth-order valence-electron chi connectivity index (χ4n) is 2.61. The molecule has 1 aromatic heterocycles. The zero-order chi connectivity index (χ0) is 14.5. The third-order valence-corrected chi connectivity index (χ3v) is 3.92. The highest BCUT2D eigenvalue weighted by molar-refractivity contribution is 5.94. The lowest BCUT2D eigenvalue weighted by Gasteiger charge is -2.14. The van der Waals surface area contributed by atoms with E-state index in [0.29, 0.717) is 18.7 Å². The van der Waals surface area contributed by atoms with Crippen molar-refractivity contribution in [3.05, 3.63) is 18.1 Å². The van der Waals surface area contributed by atoms with Crippen LogP contribution in [-0.2, 0) is 11.0 Å². The molecule has 108 valence electrons. The van der Waals surface area contributed by atoms with Crippen LogP contribution in [0.25, 0.3) is 0 Å². The lowest BCUT2D eigenvalue weighted by atomic mass is 10.0. The van der Waals surface area contributed by atoms with Crippen LogP contribution in [0.2, 0.25) is 0 Å². The van der Waals surface area contributed by atoms with Crippen molar-refractivity contribution in [1.29, 1.82) is 0 Å². The molecule has 3 rings (SSSR count). The molecule has 1 aromatic rings. The van der Waals surface area contributed by atoms with Gasteiger partial charge in [0.05, 0.1) is 18.4 Å². The minimum atomic E-state index is -4.57. The van der Waals surface area contributed by atoms with Gasteiger partial charge in [-0.15, -0.1) is 0 Å². The summed E-state index contributed by atoms with van der Waals surface area (Å²) in [6.45, 7) is 2.09. The van der Waals surface area contributed by atoms with Gasteiger partial charge in [0.15, 0.2) is 11.5 Å². The second-order valence-corrected chi connectivity index (χ2v) is 5.61. The molecule has 2 fully saturated rings. The van der Waals surface area contributed by atoms with E-state index in [9.17, 15) is 18.0 Å². The molecule has 0 bridgehead atoms. The summed E-state index contributed by atoms with van der Waals surface area (Å²) in [5, 5.41) is 5.53. The molecule has 2 aliphatic rings. The molecule has 0 spiro atoms. The number of rotatable bonds is 2. The summed E-state index contributed by atoms with van der Waals surface area (Å²) in [7, 11) is 0. The molecule has 1 aliphatic carbocycles. The van der Waals surface area contributed by atoms with Crippen molar-refractivity contribution < 1.29 is 18.0 Å². The molecular weight excluding hydrogens is 273 g/mol. The molecule has 3 atom stereocenters. The number of amides is 1. The fraction of sp³-hybridized carbons (Fsp3) is 0.583. The van der Waals surface area contributed by atoms with E-state index in [1.54, 1.807) is 0 Å². The number of hydrogen-bond acceptors (Lipinski definition) is 4. The van der Waals surface area contributed by atoms with Crippen molar-refractivity contribution in [2.75, 3.05) is 5.32 Å². The molecule has 8 heteroatoms. The fourth-order valence-corrected chi connectivity index (χ4v) is 2.61. The zero-order valence-electron chi connectivity index (χ0n) is 10.7. The Morgan fingerprint density at radius 3 is 2.80 bits per heavy atom. The standard InChI is InChI=1S/C12H13F3N4O/c1-11-2-6(17-7(11)3-11)10(20)19-9-5-16-4-8(18-9)12(13,14)15/h4-7,17H,2-3H2,1H3,(H,18,19,20). The Morgan fingerprint density at radius 2 is 2.20 bits per heavy atom. The zero-order valence-corrected chi connectivity index (χ0v) is 10.7. The predicted molar refractivity (Wildman–Crippen MR) is 63.7 cm³/mol. The van der Waals surface area contributed by atoms with Gasteiger partial charge < -0.3 is 10.6 Å². The average Bonchev–Trinajstić information content (AvgIpc) is 2.86. The van der Waals surface area contributed by atoms with Crippen molar-refractivity contribution in [1.82, 2.24) is 15.3 Å². The molecule has 0 radical (unpaired) electrons. The van der Waals surface area contributed by atoms with E-state index in [4.69, 9.17) is 0 Å². The monoisotopic (exact) mass is 286 g/mol. The van der Waals surface area contributed by atoms with Gasteiger partial charge in [0.2, 0.25) is 5.91 Å². The van der Waals surface area contributed by atoms with Crippen LogP contribution in [0.1, 0.15) is 25.5 Å². The van der Waals surface area contributed by atoms with E-state index in [1.807, 2.05) is 0 Å². The van der Waals surface area contributed by atoms with E-state index >= 15 is 0 Å². The molecular formula is C12H13F3N4O. The Bertz CT molecular complexity index is 562. The van der Waals surface area contributed by atoms with Crippen LogP contribution in [-0.4, -0.2) is 28.0 Å². The summed E-state index contributed by atoms with van der Waals surface area (Å²) in [5.41, 5.74) is -0.967. The van der Waals surface area contributed by atoms with Crippen LogP contribution in [0.3, 0.4) is 0 Å². The topological polar surface area (TPSA) is 66.9 Å². The second-order valence-electron chi connectivity index (χ2n) is 5.61. The minimum Gasteiger partial charge on any atom is -0.308 e. The number of anilines is 1. The Balaban J connectivity index is 1.67. The highest BCUT2D eigenvalue weighted by atomic mass is 19.4. The molecule has 1 amide bonds. The number of nitrogens with one attached hydrogen (secondary N) is 2. The maximum absolute atomic E-state index is 12.5. The number of hydrogen-bond donors (Lipinski definition) is 2. The Kier molecular flexibility index (Phi) is 2.75. The summed E-state index contributed by atoms with van der Waals surface area (Å²) in [6.07, 6.45) is -1.12. The van der Waals surface area contributed by atoms with Gasteiger partial charge in [-0.3, -0.25) is 9.78 Å². The first-order valence-corrected chi connectivity index (χ1v) is 6.24. The third-order valence-electron chi connectivity index (χ3n) is 3.92. The minimum absolute atomic E-state index is 0.154. The maximum Gasteiger partial charge on any atom is 0.434 e. The van der Waals surface area contributed by atoms with Crippen LogP contribution < -0.4 is 10.6 Å². The largest absolute Gasteiger partial charge is 0.434 e. The van der Waals surface area contributed by atoms with E-state index in [1.165, 1.54) is 0 Å². The Labute approximate surface area is 113 Å². The van der Waals surface area contributed by atoms with Crippen molar-refractivity contribution in [2.24, 2.45) is 5.41 Å². The average molecular weight is 286 g/mol. The quantitative estimate of drug-likeness (QED) is 0.866. The van der Waals surface area contributed by atoms with E-state index in [-0.39, 0.29) is 23.2 Å². The van der Waals surface area contributed by atoms with Crippen LogP contribution >= 0.6 is 0 Å². The number of carbonyl (C=O) groups excluding carboxylic acids is 1. The molecule has 2 heterocycles. The van der Waals surface area contributed by atoms with Gasteiger partial charge in [-0.1, -0.05) is 6.92 Å². The molecule has 1 saturated carbocycles. The maximum atomic E-state index is 12.5. The summed E-state index contributed by atoms with van der Waals surface area (Å²) in [4.78, 5) is 18.8. The van der Waals surface area contributed by atoms with Crippen LogP contribution in [0, 0.1) is 5.41 Å². The van der Waals surface area contributed by atoms with Gasteiger partial charge in [-0.2, -0.15) is 13.2 Å². The van der Waals surface area contributed by atoms with Gasteiger partial charge in [0.1, 0.15) is 0 Å². The second kappa shape index (κ2) is 4.15. The van der Waals surface area contributed by atoms with Gasteiger partial charge in [-0.05, 0) is 18.3 Å². The normalized spacial score (nSPS) is 31.8. The summed E-state index contributed by atoms with van der Waals surface area (Å²) >= 11 is 0. The lowest BCUT2D eigenvalue weighted by Crippen LogP contribution is -2.38. The van der Waals surface area contributed by atoms with Gasteiger partial charge in [0, 0.05) is 6.04 Å². The van der Waals surface area contributed by atoms with Crippen LogP contribution in [0.15, 0.2) is 12.4 Å². The van der Waals surface area contributed by atoms with Crippen LogP contribution in [0.5, 0.6) is 0 Å². The summed E-state index contributed by atoms with van der Waals surface area (Å²) in [6, 6.07) is -0.0408. The molecule has 20 heavy (non-hydrogen) atoms. The smallest absolute Gasteiger partial charge is 0.308 e. The first kappa shape index (κ1) is 13.3. The number of halogens is 3. The highest BCUT2D eigenvalue weighted by Gasteiger charge is 2.58. The Morgan fingerprint density at radius 1 is 1.45 bits per heavy atom. The molecule has 1 saturated heterocycles. The first-order valence-electron chi connectivity index (χ1n) is 6.24. The van der Waals surface area contributed by atoms with E-state index < -0.39 is 11.9 Å². The Hall–Kier alpha value is -1.70. The number of alkyl halides is 3. The van der Waals surface area contributed by atoms with Gasteiger partial charge >= 0.3 is 6.18 Å². The van der Waals surface area contributed by atoms with Gasteiger partial charge in [-0.25, -0.2) is 4.98 Å². The van der Waals surface area contributed by atoms with E-state index in [0.717, 1.165) is 12.6 Å². The number of fused-ring (bicyclic) bond motifs is 1. The van der Waals surface area contributed by atoms with Crippen molar-refractivity contribution >= 4 is 11.7 Å². The molecule has 0 aromatic carbocycles. The van der Waals surface area contributed by atoms with Gasteiger partial charge in [0.25, 0.3) is 0 Å². The number of piperidine rings is 1. The summed E-state index contributed by atoms with van der Waals surface area (Å²) < 4.78 is 37.5.